The van der Waals surface area contributed by atoms with Gasteiger partial charge in [0.25, 0.3) is 5.91 Å². The molecule has 1 amide bonds. The van der Waals surface area contributed by atoms with Crippen molar-refractivity contribution in [1.29, 1.82) is 0 Å². The van der Waals surface area contributed by atoms with Gasteiger partial charge < -0.3 is 10.1 Å². The number of ether oxygens (including phenoxy) is 1. The van der Waals surface area contributed by atoms with Crippen molar-refractivity contribution in [3.05, 3.63) is 27.3 Å². The second-order valence-electron chi connectivity index (χ2n) is 5.06. The molecular weight excluding hydrogens is 329 g/mol. The van der Waals surface area contributed by atoms with Crippen molar-refractivity contribution in [1.82, 2.24) is 5.32 Å². The summed E-state index contributed by atoms with van der Waals surface area (Å²) in [6, 6.07) is 5.60. The zero-order chi connectivity index (χ0) is 12.0. The van der Waals surface area contributed by atoms with Crippen LogP contribution < -0.4 is 10.1 Å². The molecule has 0 radical (unpaired) electrons. The van der Waals surface area contributed by atoms with Gasteiger partial charge in [0.2, 0.25) is 0 Å². The van der Waals surface area contributed by atoms with E-state index in [-0.39, 0.29) is 11.4 Å². The van der Waals surface area contributed by atoms with Gasteiger partial charge in [-0.2, -0.15) is 0 Å². The molecule has 3 aliphatic rings. The smallest absolute Gasteiger partial charge is 0.252 e. The van der Waals surface area contributed by atoms with E-state index in [2.05, 4.69) is 27.9 Å². The quantitative estimate of drug-likeness (QED) is 0.857. The Hall–Kier alpha value is -0.780. The fourth-order valence-corrected chi connectivity index (χ4v) is 3.33. The minimum Gasteiger partial charge on any atom is -0.497 e. The Morgan fingerprint density at radius 3 is 2.71 bits per heavy atom. The molecule has 3 saturated carbocycles. The normalized spacial score (nSPS) is 28.9. The van der Waals surface area contributed by atoms with E-state index in [1.807, 2.05) is 18.2 Å². The SMILES string of the molecule is COc1ccc(I)c(C(=O)NC23CC(C2)C3)c1. The Morgan fingerprint density at radius 1 is 1.47 bits per heavy atom. The van der Waals surface area contributed by atoms with Crippen LogP contribution in [0.5, 0.6) is 5.75 Å². The molecule has 0 unspecified atom stereocenters. The fourth-order valence-electron chi connectivity index (χ4n) is 2.75. The first-order valence-corrected chi connectivity index (χ1v) is 6.86. The average Bonchev–Trinajstić information content (AvgIpc) is 2.22. The average molecular weight is 343 g/mol. The fraction of sp³-hybridized carbons (Fsp3) is 0.462. The first-order valence-electron chi connectivity index (χ1n) is 5.78. The summed E-state index contributed by atoms with van der Waals surface area (Å²) in [4.78, 5) is 12.2. The number of nitrogens with one attached hydrogen (secondary N) is 1. The van der Waals surface area contributed by atoms with E-state index in [0.717, 1.165) is 20.8 Å². The van der Waals surface area contributed by atoms with Gasteiger partial charge in [0.15, 0.2) is 0 Å². The summed E-state index contributed by atoms with van der Waals surface area (Å²) in [5.41, 5.74) is 0.850. The van der Waals surface area contributed by atoms with E-state index >= 15 is 0 Å². The maximum absolute atomic E-state index is 12.2. The summed E-state index contributed by atoms with van der Waals surface area (Å²) >= 11 is 2.19. The number of rotatable bonds is 3. The Bertz CT molecular complexity index is 469. The molecule has 90 valence electrons. The lowest BCUT2D eigenvalue weighted by atomic mass is 9.50. The predicted octanol–water partition coefficient (Wildman–Crippen LogP) is 2.58. The number of hydrogen-bond donors (Lipinski definition) is 1. The lowest BCUT2D eigenvalue weighted by Crippen LogP contribution is -2.68. The molecule has 1 N–H and O–H groups in total. The summed E-state index contributed by atoms with van der Waals surface area (Å²) in [7, 11) is 1.62. The van der Waals surface area contributed by atoms with Crippen LogP contribution in [0.4, 0.5) is 0 Å². The second kappa shape index (κ2) is 3.86. The van der Waals surface area contributed by atoms with Crippen LogP contribution in [0.1, 0.15) is 29.6 Å². The number of hydrogen-bond acceptors (Lipinski definition) is 2. The highest BCUT2D eigenvalue weighted by molar-refractivity contribution is 14.1. The van der Waals surface area contributed by atoms with Crippen molar-refractivity contribution in [2.45, 2.75) is 24.8 Å². The van der Waals surface area contributed by atoms with Crippen molar-refractivity contribution in [3.63, 3.8) is 0 Å². The highest BCUT2D eigenvalue weighted by atomic mass is 127. The molecule has 17 heavy (non-hydrogen) atoms. The highest BCUT2D eigenvalue weighted by Crippen LogP contribution is 2.57. The summed E-state index contributed by atoms with van der Waals surface area (Å²) in [5, 5.41) is 3.17. The summed E-state index contributed by atoms with van der Waals surface area (Å²) in [6.07, 6.45) is 3.50. The monoisotopic (exact) mass is 343 g/mol. The summed E-state index contributed by atoms with van der Waals surface area (Å²) in [6.45, 7) is 0. The maximum Gasteiger partial charge on any atom is 0.252 e. The predicted molar refractivity (Wildman–Crippen MR) is 73.2 cm³/mol. The Kier molecular flexibility index (Phi) is 2.57. The second-order valence-corrected chi connectivity index (χ2v) is 6.22. The van der Waals surface area contributed by atoms with Crippen molar-refractivity contribution in [3.8, 4) is 5.75 Å². The first-order chi connectivity index (χ1) is 8.12. The van der Waals surface area contributed by atoms with Gasteiger partial charge in [-0.05, 0) is 66.0 Å². The van der Waals surface area contributed by atoms with Crippen molar-refractivity contribution < 1.29 is 9.53 Å². The Labute approximate surface area is 114 Å². The van der Waals surface area contributed by atoms with E-state index in [4.69, 9.17) is 4.74 Å². The van der Waals surface area contributed by atoms with E-state index in [0.29, 0.717) is 0 Å². The van der Waals surface area contributed by atoms with Crippen LogP contribution in [0.15, 0.2) is 18.2 Å². The molecule has 3 fully saturated rings. The van der Waals surface area contributed by atoms with Gasteiger partial charge in [-0.3, -0.25) is 4.79 Å². The minimum absolute atomic E-state index is 0.0338. The van der Waals surface area contributed by atoms with E-state index in [9.17, 15) is 4.79 Å². The highest BCUT2D eigenvalue weighted by Gasteiger charge is 2.57. The Morgan fingerprint density at radius 2 is 2.18 bits per heavy atom. The molecule has 2 bridgehead atoms. The molecular formula is C13H14INO2. The van der Waals surface area contributed by atoms with E-state index in [1.54, 1.807) is 7.11 Å². The van der Waals surface area contributed by atoms with Crippen LogP contribution in [0.2, 0.25) is 0 Å². The number of carbonyl (C=O) groups excluding carboxylic acids is 1. The third-order valence-corrected chi connectivity index (χ3v) is 4.78. The molecule has 0 atom stereocenters. The maximum atomic E-state index is 12.2. The number of halogens is 1. The zero-order valence-corrected chi connectivity index (χ0v) is 11.8. The number of carbonyl (C=O) groups is 1. The van der Waals surface area contributed by atoms with Gasteiger partial charge >= 0.3 is 0 Å². The molecule has 0 heterocycles. The third kappa shape index (κ3) is 1.82. The number of benzene rings is 1. The van der Waals surface area contributed by atoms with Gasteiger partial charge in [0, 0.05) is 9.11 Å². The van der Waals surface area contributed by atoms with E-state index < -0.39 is 0 Å². The summed E-state index contributed by atoms with van der Waals surface area (Å²) in [5.74, 6) is 1.64. The van der Waals surface area contributed by atoms with Gasteiger partial charge in [-0.1, -0.05) is 0 Å². The topological polar surface area (TPSA) is 38.3 Å². The van der Waals surface area contributed by atoms with Crippen LogP contribution in [-0.2, 0) is 0 Å². The van der Waals surface area contributed by atoms with Gasteiger partial charge in [-0.15, -0.1) is 0 Å². The van der Waals surface area contributed by atoms with Crippen LogP contribution in [0, 0.1) is 9.49 Å². The van der Waals surface area contributed by atoms with Gasteiger partial charge in [0.05, 0.1) is 12.7 Å². The lowest BCUT2D eigenvalue weighted by molar-refractivity contribution is -0.0438. The molecule has 3 nitrogen and oxygen atoms in total. The zero-order valence-electron chi connectivity index (χ0n) is 9.63. The molecule has 3 aliphatic carbocycles. The van der Waals surface area contributed by atoms with Crippen molar-refractivity contribution in [2.24, 2.45) is 5.92 Å². The molecule has 0 aliphatic heterocycles. The molecule has 0 saturated heterocycles. The van der Waals surface area contributed by atoms with E-state index in [1.165, 1.54) is 19.3 Å². The van der Waals surface area contributed by atoms with Crippen molar-refractivity contribution >= 4 is 28.5 Å². The number of methoxy groups -OCH3 is 1. The molecule has 4 heteroatoms. The standard InChI is InChI=1S/C13H14INO2/c1-17-9-2-3-11(14)10(4-9)12(16)15-13-5-8(6-13)7-13/h2-4,8H,5-7H2,1H3,(H,15,16). The van der Waals surface area contributed by atoms with Crippen LogP contribution in [0.25, 0.3) is 0 Å². The number of amides is 1. The molecule has 0 spiro atoms. The van der Waals surface area contributed by atoms with Crippen LogP contribution in [0.3, 0.4) is 0 Å². The molecule has 1 aromatic carbocycles. The molecule has 4 rings (SSSR count). The molecule has 1 aromatic rings. The largest absolute Gasteiger partial charge is 0.497 e. The molecule has 0 aromatic heterocycles. The lowest BCUT2D eigenvalue weighted by Gasteiger charge is -2.61. The third-order valence-electron chi connectivity index (χ3n) is 3.84. The Balaban J connectivity index is 1.79. The van der Waals surface area contributed by atoms with Crippen molar-refractivity contribution in [2.75, 3.05) is 7.11 Å². The van der Waals surface area contributed by atoms with Gasteiger partial charge in [0.1, 0.15) is 5.75 Å². The van der Waals surface area contributed by atoms with Crippen LogP contribution in [-0.4, -0.2) is 18.6 Å². The van der Waals surface area contributed by atoms with Gasteiger partial charge in [-0.25, -0.2) is 0 Å². The van der Waals surface area contributed by atoms with Crippen LogP contribution >= 0.6 is 22.6 Å². The summed E-state index contributed by atoms with van der Waals surface area (Å²) < 4.78 is 6.12. The first kappa shape index (κ1) is 11.3. The minimum atomic E-state index is 0.0338.